The Hall–Kier alpha value is -2.47. The number of nitrogens with one attached hydrogen (secondary N) is 1. The van der Waals surface area contributed by atoms with E-state index in [2.05, 4.69) is 10.3 Å². The van der Waals surface area contributed by atoms with Crippen LogP contribution in [0.25, 0.3) is 10.2 Å². The van der Waals surface area contributed by atoms with Crippen molar-refractivity contribution in [2.45, 2.75) is 0 Å². The number of phenolic OH excluding ortho intramolecular Hbond substituents is 1. The molecule has 0 bridgehead atoms. The van der Waals surface area contributed by atoms with Gasteiger partial charge in [0, 0.05) is 6.07 Å². The van der Waals surface area contributed by atoms with E-state index in [9.17, 15) is 9.18 Å². The van der Waals surface area contributed by atoms with Crippen LogP contribution in [0.2, 0.25) is 0 Å². The van der Waals surface area contributed by atoms with Gasteiger partial charge in [-0.15, -0.1) is 0 Å². The molecule has 2 N–H and O–H groups in total. The number of rotatable bonds is 2. The number of phenols is 1. The molecule has 0 atom stereocenters. The van der Waals surface area contributed by atoms with Crippen molar-refractivity contribution in [3.05, 3.63) is 53.8 Å². The monoisotopic (exact) mass is 288 g/mol. The number of halogens is 1. The van der Waals surface area contributed by atoms with Crippen molar-refractivity contribution in [2.24, 2.45) is 0 Å². The van der Waals surface area contributed by atoms with Gasteiger partial charge in [0.05, 0.1) is 15.8 Å². The molecule has 1 amide bonds. The minimum atomic E-state index is -0.774. The summed E-state index contributed by atoms with van der Waals surface area (Å²) in [6.45, 7) is 0. The Balaban J connectivity index is 1.88. The van der Waals surface area contributed by atoms with Crippen LogP contribution >= 0.6 is 11.3 Å². The topological polar surface area (TPSA) is 62.2 Å². The quantitative estimate of drug-likeness (QED) is 0.759. The Morgan fingerprint density at radius 3 is 2.80 bits per heavy atom. The molecule has 2 aromatic carbocycles. The van der Waals surface area contributed by atoms with Crippen molar-refractivity contribution in [2.75, 3.05) is 5.32 Å². The Morgan fingerprint density at radius 2 is 2.05 bits per heavy atom. The number of para-hydroxylation sites is 1. The molecule has 0 saturated heterocycles. The number of nitrogens with zero attached hydrogens (tertiary/aromatic N) is 1. The average molecular weight is 288 g/mol. The van der Waals surface area contributed by atoms with E-state index < -0.39 is 11.7 Å². The van der Waals surface area contributed by atoms with E-state index in [1.165, 1.54) is 23.5 Å². The summed E-state index contributed by atoms with van der Waals surface area (Å²) in [6, 6.07) is 10.8. The normalized spacial score (nSPS) is 10.7. The Kier molecular flexibility index (Phi) is 3.08. The molecule has 0 aliphatic carbocycles. The molecular weight excluding hydrogens is 279 g/mol. The van der Waals surface area contributed by atoms with Gasteiger partial charge in [-0.25, -0.2) is 9.37 Å². The van der Waals surface area contributed by atoms with Gasteiger partial charge in [-0.3, -0.25) is 10.1 Å². The Morgan fingerprint density at radius 1 is 1.25 bits per heavy atom. The predicted octanol–water partition coefficient (Wildman–Crippen LogP) is 3.39. The first-order valence-corrected chi connectivity index (χ1v) is 6.60. The van der Waals surface area contributed by atoms with Crippen LogP contribution in [0.4, 0.5) is 9.52 Å². The van der Waals surface area contributed by atoms with Gasteiger partial charge >= 0.3 is 0 Å². The second kappa shape index (κ2) is 4.90. The van der Waals surface area contributed by atoms with Crippen LogP contribution in [0.1, 0.15) is 10.4 Å². The second-order valence-electron chi connectivity index (χ2n) is 4.11. The fourth-order valence-electron chi connectivity index (χ4n) is 1.78. The summed E-state index contributed by atoms with van der Waals surface area (Å²) in [5.74, 6) is -1.59. The molecule has 20 heavy (non-hydrogen) atoms. The number of carbonyl (C=O) groups excluding carboxylic acids is 1. The molecule has 0 unspecified atom stereocenters. The van der Waals surface area contributed by atoms with E-state index in [1.54, 1.807) is 0 Å². The van der Waals surface area contributed by atoms with E-state index in [-0.39, 0.29) is 11.3 Å². The third-order valence-corrected chi connectivity index (χ3v) is 3.66. The number of thiazole rings is 1. The van der Waals surface area contributed by atoms with Crippen LogP contribution in [0, 0.1) is 5.82 Å². The first-order chi connectivity index (χ1) is 9.63. The summed E-state index contributed by atoms with van der Waals surface area (Å²) in [4.78, 5) is 16.2. The van der Waals surface area contributed by atoms with Gasteiger partial charge in [-0.05, 0) is 24.3 Å². The second-order valence-corrected chi connectivity index (χ2v) is 5.14. The van der Waals surface area contributed by atoms with Crippen LogP contribution in [0.15, 0.2) is 42.5 Å². The van der Waals surface area contributed by atoms with Crippen LogP contribution in [0.5, 0.6) is 5.75 Å². The Labute approximate surface area is 117 Å². The number of carbonyl (C=O) groups is 1. The SMILES string of the molecule is O=C(Nc1nc2ccccc2s1)c1ccc(O)cc1F. The van der Waals surface area contributed by atoms with Crippen molar-refractivity contribution in [3.8, 4) is 5.75 Å². The summed E-state index contributed by atoms with van der Waals surface area (Å²) in [6.07, 6.45) is 0. The molecular formula is C14H9FN2O2S. The highest BCUT2D eigenvalue weighted by atomic mass is 32.1. The summed E-state index contributed by atoms with van der Waals surface area (Å²) in [7, 11) is 0. The number of amides is 1. The molecule has 0 radical (unpaired) electrons. The highest BCUT2D eigenvalue weighted by molar-refractivity contribution is 7.22. The molecule has 1 aromatic heterocycles. The van der Waals surface area contributed by atoms with Crippen LogP contribution < -0.4 is 5.32 Å². The number of fused-ring (bicyclic) bond motifs is 1. The minimum absolute atomic E-state index is 0.137. The fraction of sp³-hybridized carbons (Fsp3) is 0. The fourth-order valence-corrected chi connectivity index (χ4v) is 2.64. The number of aromatic hydroxyl groups is 1. The summed E-state index contributed by atoms with van der Waals surface area (Å²) in [5, 5.41) is 12.1. The van der Waals surface area contributed by atoms with E-state index in [1.807, 2.05) is 24.3 Å². The number of anilines is 1. The van der Waals surface area contributed by atoms with Gasteiger partial charge < -0.3 is 5.11 Å². The molecule has 100 valence electrons. The number of hydrogen-bond acceptors (Lipinski definition) is 4. The lowest BCUT2D eigenvalue weighted by molar-refractivity contribution is 0.102. The van der Waals surface area contributed by atoms with Crippen LogP contribution in [-0.4, -0.2) is 16.0 Å². The molecule has 0 aliphatic heterocycles. The largest absolute Gasteiger partial charge is 0.508 e. The smallest absolute Gasteiger partial charge is 0.260 e. The lowest BCUT2D eigenvalue weighted by atomic mass is 10.2. The lowest BCUT2D eigenvalue weighted by Crippen LogP contribution is -2.13. The van der Waals surface area contributed by atoms with Crippen molar-refractivity contribution in [1.82, 2.24) is 4.98 Å². The third kappa shape index (κ3) is 2.33. The molecule has 3 rings (SSSR count). The molecule has 0 spiro atoms. The van der Waals surface area contributed by atoms with Gasteiger partial charge in [0.1, 0.15) is 11.6 Å². The lowest BCUT2D eigenvalue weighted by Gasteiger charge is -2.03. The van der Waals surface area contributed by atoms with Crippen molar-refractivity contribution in [3.63, 3.8) is 0 Å². The Bertz CT molecular complexity index is 768. The summed E-state index contributed by atoms with van der Waals surface area (Å²) >= 11 is 1.31. The standard InChI is InChI=1S/C14H9FN2O2S/c15-10-7-8(18)5-6-9(10)13(19)17-14-16-11-3-1-2-4-12(11)20-14/h1-7,18H,(H,16,17,19). The van der Waals surface area contributed by atoms with E-state index in [0.29, 0.717) is 5.13 Å². The first kappa shape index (κ1) is 12.6. The maximum atomic E-state index is 13.6. The molecule has 0 aliphatic rings. The van der Waals surface area contributed by atoms with Crippen LogP contribution in [-0.2, 0) is 0 Å². The molecule has 4 nitrogen and oxygen atoms in total. The van der Waals surface area contributed by atoms with Crippen molar-refractivity contribution >= 4 is 32.6 Å². The maximum Gasteiger partial charge on any atom is 0.260 e. The highest BCUT2D eigenvalue weighted by Gasteiger charge is 2.14. The number of benzene rings is 2. The van der Waals surface area contributed by atoms with E-state index in [0.717, 1.165) is 16.3 Å². The van der Waals surface area contributed by atoms with Gasteiger partial charge in [-0.1, -0.05) is 23.5 Å². The predicted molar refractivity (Wildman–Crippen MR) is 75.6 cm³/mol. The molecule has 1 heterocycles. The minimum Gasteiger partial charge on any atom is -0.508 e. The number of aromatic nitrogens is 1. The van der Waals surface area contributed by atoms with Crippen molar-refractivity contribution in [1.29, 1.82) is 0 Å². The third-order valence-electron chi connectivity index (χ3n) is 2.71. The summed E-state index contributed by atoms with van der Waals surface area (Å²) in [5.41, 5.74) is 0.640. The van der Waals surface area contributed by atoms with Gasteiger partial charge in [0.15, 0.2) is 5.13 Å². The average Bonchev–Trinajstić information content (AvgIpc) is 2.80. The van der Waals surface area contributed by atoms with E-state index >= 15 is 0 Å². The molecule has 0 saturated carbocycles. The zero-order valence-electron chi connectivity index (χ0n) is 10.1. The molecule has 6 heteroatoms. The molecule has 3 aromatic rings. The van der Waals surface area contributed by atoms with E-state index in [4.69, 9.17) is 5.11 Å². The summed E-state index contributed by atoms with van der Waals surface area (Å²) < 4.78 is 14.5. The highest BCUT2D eigenvalue weighted by Crippen LogP contribution is 2.26. The van der Waals surface area contributed by atoms with Crippen molar-refractivity contribution < 1.29 is 14.3 Å². The molecule has 0 fully saturated rings. The first-order valence-electron chi connectivity index (χ1n) is 5.79. The van der Waals surface area contributed by atoms with Gasteiger partial charge in [0.2, 0.25) is 0 Å². The van der Waals surface area contributed by atoms with Crippen LogP contribution in [0.3, 0.4) is 0 Å². The van der Waals surface area contributed by atoms with Gasteiger partial charge in [-0.2, -0.15) is 0 Å². The zero-order valence-corrected chi connectivity index (χ0v) is 10.9. The van der Waals surface area contributed by atoms with Gasteiger partial charge in [0.25, 0.3) is 5.91 Å². The zero-order chi connectivity index (χ0) is 14.1. The number of hydrogen-bond donors (Lipinski definition) is 2. The maximum absolute atomic E-state index is 13.6.